The average Bonchev–Trinajstić information content (AvgIpc) is 3.23. The Kier molecular flexibility index (Phi) is 4.00. The zero-order valence-electron chi connectivity index (χ0n) is 18.2. The monoisotopic (exact) mass is 437 g/mol. The highest BCUT2D eigenvalue weighted by Gasteiger charge is 2.14. The highest BCUT2D eigenvalue weighted by atomic mass is 16.4. The lowest BCUT2D eigenvalue weighted by Crippen LogP contribution is -1.99. The Morgan fingerprint density at radius 2 is 1.15 bits per heavy atom. The summed E-state index contributed by atoms with van der Waals surface area (Å²) in [6, 6.07) is 39.2. The van der Waals surface area contributed by atoms with Gasteiger partial charge in [0.2, 0.25) is 0 Å². The summed E-state index contributed by atoms with van der Waals surface area (Å²) in [5.74, 6) is 0. The molecule has 0 atom stereocenters. The maximum atomic E-state index is 12.5. The third-order valence-electron chi connectivity index (χ3n) is 6.64. The van der Waals surface area contributed by atoms with Gasteiger partial charge in [-0.1, -0.05) is 66.7 Å². The Hall–Kier alpha value is -4.63. The molecule has 3 heteroatoms. The van der Waals surface area contributed by atoms with Gasteiger partial charge in [-0.3, -0.25) is 0 Å². The van der Waals surface area contributed by atoms with Gasteiger partial charge in [0.15, 0.2) is 0 Å². The molecule has 7 aromatic rings. The molecule has 0 saturated carbocycles. The Morgan fingerprint density at radius 3 is 2.00 bits per heavy atom. The quantitative estimate of drug-likeness (QED) is 0.205. The summed E-state index contributed by atoms with van der Waals surface area (Å²) in [6.07, 6.45) is 0. The van der Waals surface area contributed by atoms with E-state index in [1.165, 1.54) is 16.3 Å². The molecule has 0 aliphatic carbocycles. The van der Waals surface area contributed by atoms with E-state index in [-0.39, 0.29) is 5.63 Å². The Balaban J connectivity index is 1.47. The van der Waals surface area contributed by atoms with Crippen LogP contribution in [-0.2, 0) is 0 Å². The molecule has 0 spiro atoms. The highest BCUT2D eigenvalue weighted by molar-refractivity contribution is 6.11. The molecule has 7 rings (SSSR count). The van der Waals surface area contributed by atoms with Crippen molar-refractivity contribution in [1.29, 1.82) is 0 Å². The summed E-state index contributed by atoms with van der Waals surface area (Å²) in [6.45, 7) is 0. The van der Waals surface area contributed by atoms with E-state index in [1.54, 1.807) is 0 Å². The van der Waals surface area contributed by atoms with Crippen molar-refractivity contribution in [3.05, 3.63) is 126 Å². The second kappa shape index (κ2) is 7.19. The molecule has 0 unspecified atom stereocenters. The fourth-order valence-electron chi connectivity index (χ4n) is 5.07. The smallest absolute Gasteiger partial charge is 0.344 e. The van der Waals surface area contributed by atoms with Gasteiger partial charge in [0.1, 0.15) is 5.58 Å². The van der Waals surface area contributed by atoms with Crippen LogP contribution in [0.1, 0.15) is 0 Å². The number of nitrogens with zero attached hydrogens (tertiary/aromatic N) is 1. The first-order valence-corrected chi connectivity index (χ1v) is 11.3. The van der Waals surface area contributed by atoms with Crippen LogP contribution < -0.4 is 5.63 Å². The maximum Gasteiger partial charge on any atom is 0.344 e. The van der Waals surface area contributed by atoms with Crippen molar-refractivity contribution < 1.29 is 4.42 Å². The third-order valence-corrected chi connectivity index (χ3v) is 6.64. The van der Waals surface area contributed by atoms with Gasteiger partial charge in [0.25, 0.3) is 0 Å². The van der Waals surface area contributed by atoms with E-state index in [0.717, 1.165) is 33.1 Å². The van der Waals surface area contributed by atoms with Crippen LogP contribution in [0, 0.1) is 0 Å². The Labute approximate surface area is 195 Å². The fourth-order valence-corrected chi connectivity index (χ4v) is 5.07. The van der Waals surface area contributed by atoms with Gasteiger partial charge in [-0.25, -0.2) is 4.79 Å². The Bertz CT molecular complexity index is 1930. The van der Waals surface area contributed by atoms with Crippen LogP contribution in [0.3, 0.4) is 0 Å². The van der Waals surface area contributed by atoms with Crippen molar-refractivity contribution in [3.8, 4) is 16.8 Å². The second-order valence-corrected chi connectivity index (χ2v) is 8.57. The summed E-state index contributed by atoms with van der Waals surface area (Å²) < 4.78 is 8.00. The topological polar surface area (TPSA) is 35.1 Å². The minimum Gasteiger partial charge on any atom is -0.422 e. The van der Waals surface area contributed by atoms with Gasteiger partial charge in [-0.15, -0.1) is 0 Å². The first-order chi connectivity index (χ1) is 16.8. The predicted molar refractivity (Wildman–Crippen MR) is 140 cm³/mol. The summed E-state index contributed by atoms with van der Waals surface area (Å²) in [7, 11) is 0. The van der Waals surface area contributed by atoms with E-state index < -0.39 is 0 Å². The molecule has 0 fully saturated rings. The zero-order valence-corrected chi connectivity index (χ0v) is 18.2. The van der Waals surface area contributed by atoms with E-state index in [9.17, 15) is 4.79 Å². The van der Waals surface area contributed by atoms with Crippen molar-refractivity contribution in [1.82, 2.24) is 4.57 Å². The van der Waals surface area contributed by atoms with E-state index in [1.807, 2.05) is 42.5 Å². The zero-order chi connectivity index (χ0) is 22.6. The minimum absolute atomic E-state index is 0.304. The maximum absolute atomic E-state index is 12.5. The van der Waals surface area contributed by atoms with Crippen molar-refractivity contribution in [3.63, 3.8) is 0 Å². The number of para-hydroxylation sites is 2. The van der Waals surface area contributed by atoms with Gasteiger partial charge in [0.05, 0.1) is 16.4 Å². The normalized spacial score (nSPS) is 11.6. The first kappa shape index (κ1) is 18.9. The van der Waals surface area contributed by atoms with E-state index in [2.05, 4.69) is 77.4 Å². The van der Waals surface area contributed by atoms with Crippen LogP contribution in [0.2, 0.25) is 0 Å². The molecular weight excluding hydrogens is 418 g/mol. The number of hydrogen-bond donors (Lipinski definition) is 0. The summed E-state index contributed by atoms with van der Waals surface area (Å²) in [5, 5.41) is 4.87. The van der Waals surface area contributed by atoms with Crippen LogP contribution >= 0.6 is 0 Å². The SMILES string of the molecule is O=c1oc2cc(-c3ccc4c(c3)c3ccccc3n4-c3ccccc3)ccc2c2ccccc12. The van der Waals surface area contributed by atoms with Gasteiger partial charge < -0.3 is 8.98 Å². The molecular formula is C31H19NO2. The number of aromatic nitrogens is 1. The lowest BCUT2D eigenvalue weighted by atomic mass is 10.00. The number of hydrogen-bond acceptors (Lipinski definition) is 2. The number of benzene rings is 5. The van der Waals surface area contributed by atoms with E-state index >= 15 is 0 Å². The van der Waals surface area contributed by atoms with E-state index in [4.69, 9.17) is 4.42 Å². The molecule has 0 radical (unpaired) electrons. The van der Waals surface area contributed by atoms with Crippen LogP contribution in [0.5, 0.6) is 0 Å². The molecule has 0 saturated heterocycles. The summed E-state index contributed by atoms with van der Waals surface area (Å²) in [4.78, 5) is 12.5. The van der Waals surface area contributed by atoms with Crippen LogP contribution in [0.25, 0.3) is 60.4 Å². The second-order valence-electron chi connectivity index (χ2n) is 8.57. The van der Waals surface area contributed by atoms with Gasteiger partial charge >= 0.3 is 5.63 Å². The first-order valence-electron chi connectivity index (χ1n) is 11.3. The lowest BCUT2D eigenvalue weighted by Gasteiger charge is -2.09. The fraction of sp³-hybridized carbons (Fsp3) is 0. The minimum atomic E-state index is -0.304. The van der Waals surface area contributed by atoms with Crippen LogP contribution in [0.15, 0.2) is 124 Å². The highest BCUT2D eigenvalue weighted by Crippen LogP contribution is 2.35. The molecule has 0 N–H and O–H groups in total. The standard InChI is InChI=1S/C31H19NO2/c33-31-26-12-5-4-10-23(26)25-16-14-21(19-30(25)34-31)20-15-17-29-27(18-20)24-11-6-7-13-28(24)32(29)22-8-2-1-3-9-22/h1-19H. The summed E-state index contributed by atoms with van der Waals surface area (Å²) in [5.41, 5.74) is 5.88. The van der Waals surface area contributed by atoms with Gasteiger partial charge in [-0.05, 0) is 65.0 Å². The lowest BCUT2D eigenvalue weighted by molar-refractivity contribution is 0.570. The largest absolute Gasteiger partial charge is 0.422 e. The van der Waals surface area contributed by atoms with Crippen molar-refractivity contribution in [2.75, 3.05) is 0 Å². The molecule has 5 aromatic carbocycles. The number of fused-ring (bicyclic) bond motifs is 6. The Morgan fingerprint density at radius 1 is 0.500 bits per heavy atom. The van der Waals surface area contributed by atoms with Crippen LogP contribution in [-0.4, -0.2) is 4.57 Å². The molecule has 2 heterocycles. The number of rotatable bonds is 2. The molecule has 3 nitrogen and oxygen atoms in total. The third kappa shape index (κ3) is 2.74. The van der Waals surface area contributed by atoms with Gasteiger partial charge in [0, 0.05) is 21.8 Å². The molecule has 0 bridgehead atoms. The molecule has 0 aliphatic heterocycles. The van der Waals surface area contributed by atoms with E-state index in [0.29, 0.717) is 11.0 Å². The molecule has 0 amide bonds. The van der Waals surface area contributed by atoms with Crippen LogP contribution in [0.4, 0.5) is 0 Å². The molecule has 0 aliphatic rings. The molecule has 2 aromatic heterocycles. The van der Waals surface area contributed by atoms with Crippen molar-refractivity contribution >= 4 is 43.5 Å². The summed E-state index contributed by atoms with van der Waals surface area (Å²) >= 11 is 0. The molecule has 34 heavy (non-hydrogen) atoms. The molecule has 160 valence electrons. The van der Waals surface area contributed by atoms with Crippen molar-refractivity contribution in [2.24, 2.45) is 0 Å². The predicted octanol–water partition coefficient (Wildman–Crippen LogP) is 7.71. The van der Waals surface area contributed by atoms with Gasteiger partial charge in [-0.2, -0.15) is 0 Å². The van der Waals surface area contributed by atoms with Crippen molar-refractivity contribution in [2.45, 2.75) is 0 Å². The average molecular weight is 437 g/mol.